The lowest BCUT2D eigenvalue weighted by molar-refractivity contribution is -0.894. The molecule has 2 heterocycles. The van der Waals surface area contributed by atoms with E-state index in [-0.39, 0.29) is 10.8 Å². The van der Waals surface area contributed by atoms with Gasteiger partial charge in [-0.05, 0) is 46.2 Å². The number of allylic oxidation sites excluding steroid dienone is 2. The minimum atomic E-state index is -0.579. The zero-order valence-corrected chi connectivity index (χ0v) is 18.9. The molecule has 0 spiro atoms. The van der Waals surface area contributed by atoms with E-state index >= 15 is 0 Å². The molecule has 1 aliphatic rings. The number of nitrogens with one attached hydrogen (secondary N) is 2. The number of furan rings is 1. The molecule has 2 N–H and O–H groups in total. The van der Waals surface area contributed by atoms with Gasteiger partial charge in [0.15, 0.2) is 5.78 Å². The first kappa shape index (κ1) is 24.8. The van der Waals surface area contributed by atoms with Gasteiger partial charge >= 0.3 is 0 Å². The van der Waals surface area contributed by atoms with Gasteiger partial charge in [-0.25, -0.2) is 0 Å². The van der Waals surface area contributed by atoms with E-state index in [2.05, 4.69) is 32.0 Å². The van der Waals surface area contributed by atoms with Crippen LogP contribution in [0.15, 0.2) is 39.8 Å². The van der Waals surface area contributed by atoms with Crippen LogP contribution < -0.4 is 10.2 Å². The maximum atomic E-state index is 12.4. The van der Waals surface area contributed by atoms with Crippen molar-refractivity contribution in [1.29, 1.82) is 0 Å². The molecule has 0 aromatic carbocycles. The van der Waals surface area contributed by atoms with E-state index in [0.717, 1.165) is 6.42 Å². The highest BCUT2D eigenvalue weighted by Crippen LogP contribution is 2.37. The average Bonchev–Trinajstić information content (AvgIpc) is 3.25. The van der Waals surface area contributed by atoms with Gasteiger partial charge < -0.3 is 24.8 Å². The van der Waals surface area contributed by atoms with Gasteiger partial charge in [0.2, 0.25) is 0 Å². The predicted molar refractivity (Wildman–Crippen MR) is 120 cm³/mol. The molecule has 0 fully saturated rings. The van der Waals surface area contributed by atoms with Crippen LogP contribution in [0, 0.1) is 0 Å². The van der Waals surface area contributed by atoms with Crippen molar-refractivity contribution in [3.8, 4) is 0 Å². The number of Topliss-reactive ketones (excluding diaryl/α,β-unsaturated/α-hetero) is 1. The van der Waals surface area contributed by atoms with Crippen LogP contribution in [-0.4, -0.2) is 42.9 Å². The molecule has 6 nitrogen and oxygen atoms in total. The Labute approximate surface area is 179 Å². The van der Waals surface area contributed by atoms with Crippen LogP contribution in [0.25, 0.3) is 5.41 Å². The summed E-state index contributed by atoms with van der Waals surface area (Å²) < 4.78 is 11.1. The third-order valence-corrected chi connectivity index (χ3v) is 5.11. The fraction of sp³-hybridized carbons (Fsp3) is 0.545. The molecule has 1 atom stereocenters. The van der Waals surface area contributed by atoms with Crippen molar-refractivity contribution in [3.05, 3.63) is 46.6 Å². The minimum absolute atomic E-state index is 0.0816. The molecule has 1 unspecified atom stereocenters. The second-order valence-corrected chi connectivity index (χ2v) is 6.99. The normalized spacial score (nSPS) is 16.1. The number of carbonyl (C=O) groups excluding carboxylic acids is 1. The maximum Gasteiger partial charge on any atom is 0.182 e. The Morgan fingerprint density at radius 3 is 2.34 bits per heavy atom. The highest BCUT2D eigenvalue weighted by Gasteiger charge is 2.36. The first-order valence-electron chi connectivity index (χ1n) is 10.3. The van der Waals surface area contributed by atoms with Crippen LogP contribution in [0.5, 0.6) is 0 Å². The number of carbonyl (C=O) groups is 1. The Bertz CT molecular complexity index is 740. The summed E-state index contributed by atoms with van der Waals surface area (Å²) in [6, 6.07) is 3.48. The van der Waals surface area contributed by atoms with Gasteiger partial charge in [-0.15, -0.1) is 0 Å². The average molecular weight is 420 g/mol. The summed E-state index contributed by atoms with van der Waals surface area (Å²) in [6.07, 6.45) is 2.62. The second-order valence-electron chi connectivity index (χ2n) is 6.58. The number of hydrogen-bond acceptors (Lipinski definition) is 4. The molecular formula is C22H33N3O3S. The predicted octanol–water partition coefficient (Wildman–Crippen LogP) is 3.01. The fourth-order valence-corrected chi connectivity index (χ4v) is 3.38. The summed E-state index contributed by atoms with van der Waals surface area (Å²) in [5.74, 6) is 2.38. The maximum absolute atomic E-state index is 12.4. The highest BCUT2D eigenvalue weighted by atomic mass is 32.1. The Hall–Kier alpha value is -2.21. The summed E-state index contributed by atoms with van der Waals surface area (Å²) in [5, 5.41) is 12.3. The van der Waals surface area contributed by atoms with Gasteiger partial charge in [0.05, 0.1) is 32.5 Å². The largest absolute Gasteiger partial charge is 0.763 e. The molecule has 29 heavy (non-hydrogen) atoms. The third kappa shape index (κ3) is 6.67. The van der Waals surface area contributed by atoms with Crippen molar-refractivity contribution in [2.45, 2.75) is 53.4 Å². The molecule has 0 saturated heterocycles. The molecule has 0 aliphatic carbocycles. The van der Waals surface area contributed by atoms with E-state index < -0.39 is 5.92 Å². The molecule has 0 saturated carbocycles. The van der Waals surface area contributed by atoms with Crippen LogP contribution in [0.4, 0.5) is 0 Å². The standard InChI is InChI=1S/C16H17N2O3S.C6H15N/c1-3-6-11(19)14-15(20-4-2)13(12-7-5-8-21-12)10(9-17)16(22)18-14;1-4-7(5-2)6-3/h5,7-8,13H,3-4,6H2,1-2H3,(H,18,22);4-6H2,1-3H3/q-1;/p+1. The molecule has 0 bridgehead atoms. The van der Waals surface area contributed by atoms with Crippen molar-refractivity contribution in [2.75, 3.05) is 26.2 Å². The lowest BCUT2D eigenvalue weighted by Gasteiger charge is -2.30. The lowest BCUT2D eigenvalue weighted by Crippen LogP contribution is -3.11. The number of nitrogens with zero attached hydrogens (tertiary/aromatic N) is 1. The molecule has 0 radical (unpaired) electrons. The Balaban J connectivity index is 0.000000516. The zero-order valence-electron chi connectivity index (χ0n) is 18.1. The monoisotopic (exact) mass is 419 g/mol. The van der Waals surface area contributed by atoms with Crippen molar-refractivity contribution in [1.82, 2.24) is 5.32 Å². The fourth-order valence-electron chi connectivity index (χ4n) is 3.11. The van der Waals surface area contributed by atoms with Crippen molar-refractivity contribution in [2.24, 2.45) is 0 Å². The van der Waals surface area contributed by atoms with E-state index in [9.17, 15) is 10.2 Å². The van der Waals surface area contributed by atoms with E-state index in [1.807, 2.05) is 13.8 Å². The van der Waals surface area contributed by atoms with Crippen LogP contribution >= 0.6 is 12.2 Å². The zero-order chi connectivity index (χ0) is 21.8. The van der Waals surface area contributed by atoms with Crippen molar-refractivity contribution >= 4 is 28.9 Å². The molecule has 7 heteroatoms. The molecule has 1 aromatic rings. The van der Waals surface area contributed by atoms with E-state index in [0.29, 0.717) is 35.8 Å². The van der Waals surface area contributed by atoms with E-state index in [4.69, 9.17) is 21.4 Å². The molecule has 2 rings (SSSR count). The highest BCUT2D eigenvalue weighted by molar-refractivity contribution is 7.80. The number of ketones is 1. The van der Waals surface area contributed by atoms with E-state index in [1.165, 1.54) is 25.9 Å². The van der Waals surface area contributed by atoms with Gasteiger partial charge in [0, 0.05) is 12.0 Å². The molecular weight excluding hydrogens is 386 g/mol. The number of quaternary nitrogens is 1. The van der Waals surface area contributed by atoms with E-state index in [1.54, 1.807) is 17.0 Å². The number of ether oxygens (including phenoxy) is 1. The molecule has 160 valence electrons. The van der Waals surface area contributed by atoms with Crippen LogP contribution in [0.1, 0.15) is 59.1 Å². The van der Waals surface area contributed by atoms with Crippen LogP contribution in [0.2, 0.25) is 0 Å². The summed E-state index contributed by atoms with van der Waals surface area (Å²) in [5.41, 5.74) is 0.649. The van der Waals surface area contributed by atoms with Gasteiger partial charge in [-0.2, -0.15) is 0 Å². The quantitative estimate of drug-likeness (QED) is 0.365. The SMILES string of the molecule is CCCC(=O)C1=C(OCC)C(c2ccco2)C(=C=[N-])C(=S)N1.CC[NH+](CC)CC. The van der Waals surface area contributed by atoms with Gasteiger partial charge in [0.25, 0.3) is 0 Å². The van der Waals surface area contributed by atoms with Gasteiger partial charge in [-0.1, -0.05) is 19.1 Å². The summed E-state index contributed by atoms with van der Waals surface area (Å²) >= 11 is 5.24. The topological polar surface area (TPSA) is 78.2 Å². The third-order valence-electron chi connectivity index (χ3n) is 4.78. The Morgan fingerprint density at radius 2 is 1.93 bits per heavy atom. The van der Waals surface area contributed by atoms with Crippen molar-refractivity contribution < 1.29 is 18.8 Å². The Morgan fingerprint density at radius 1 is 1.28 bits per heavy atom. The Kier molecular flexibility index (Phi) is 11.2. The lowest BCUT2D eigenvalue weighted by atomic mass is 9.89. The number of rotatable bonds is 9. The van der Waals surface area contributed by atoms with Crippen LogP contribution in [0.3, 0.4) is 0 Å². The molecule has 1 aromatic heterocycles. The van der Waals surface area contributed by atoms with Crippen molar-refractivity contribution in [3.63, 3.8) is 0 Å². The first-order valence-corrected chi connectivity index (χ1v) is 10.7. The van der Waals surface area contributed by atoms with Gasteiger partial charge in [-0.3, -0.25) is 10.7 Å². The summed E-state index contributed by atoms with van der Waals surface area (Å²) in [4.78, 5) is 14.3. The minimum Gasteiger partial charge on any atom is -0.763 e. The number of thiocarbonyl (C=S) groups is 1. The van der Waals surface area contributed by atoms with Crippen LogP contribution in [-0.2, 0) is 9.53 Å². The molecule has 0 amide bonds. The summed E-state index contributed by atoms with van der Waals surface area (Å²) in [7, 11) is 0. The summed E-state index contributed by atoms with van der Waals surface area (Å²) in [6.45, 7) is 14.6. The first-order chi connectivity index (χ1) is 14.0. The second kappa shape index (κ2) is 13.1. The smallest absolute Gasteiger partial charge is 0.182 e. The number of hydrogen-bond donors (Lipinski definition) is 2. The molecule has 1 aliphatic heterocycles. The van der Waals surface area contributed by atoms with Gasteiger partial charge in [0.1, 0.15) is 28.1 Å².